The molecule has 0 heterocycles. The molecule has 0 fully saturated rings. The van der Waals surface area contributed by atoms with Gasteiger partial charge >= 0.3 is 6.03 Å². The molecule has 0 aliphatic rings. The van der Waals surface area contributed by atoms with Gasteiger partial charge < -0.3 is 20.5 Å². The summed E-state index contributed by atoms with van der Waals surface area (Å²) in [6.07, 6.45) is 0. The molecule has 5 nitrogen and oxygen atoms in total. The minimum Gasteiger partial charge on any atom is -0.457 e. The van der Waals surface area contributed by atoms with Gasteiger partial charge in [0.25, 0.3) is 0 Å². The second kappa shape index (κ2) is 7.31. The van der Waals surface area contributed by atoms with Gasteiger partial charge in [0.05, 0.1) is 12.6 Å². The molecular formula is C16H18N2O3. The lowest BCUT2D eigenvalue weighted by molar-refractivity contribution is 0.229. The molecule has 1 atom stereocenters. The van der Waals surface area contributed by atoms with E-state index in [2.05, 4.69) is 10.6 Å². The van der Waals surface area contributed by atoms with Crippen LogP contribution in [-0.4, -0.2) is 23.8 Å². The molecule has 0 aliphatic heterocycles. The van der Waals surface area contributed by atoms with E-state index in [1.54, 1.807) is 31.2 Å². The molecule has 5 heteroatoms. The Balaban J connectivity index is 1.91. The summed E-state index contributed by atoms with van der Waals surface area (Å²) in [5.41, 5.74) is 0.651. The van der Waals surface area contributed by atoms with Crippen molar-refractivity contribution in [1.82, 2.24) is 5.32 Å². The summed E-state index contributed by atoms with van der Waals surface area (Å²) < 4.78 is 5.66. The average Bonchev–Trinajstić information content (AvgIpc) is 2.50. The first kappa shape index (κ1) is 14.9. The van der Waals surface area contributed by atoms with E-state index in [0.29, 0.717) is 11.4 Å². The van der Waals surface area contributed by atoms with Crippen LogP contribution in [0.1, 0.15) is 6.92 Å². The summed E-state index contributed by atoms with van der Waals surface area (Å²) in [5.74, 6) is 1.45. The first-order chi connectivity index (χ1) is 10.2. The van der Waals surface area contributed by atoms with Gasteiger partial charge in [-0.05, 0) is 43.3 Å². The SMILES string of the molecule is CC(CO)NC(=O)Nc1ccc(Oc2ccccc2)cc1. The van der Waals surface area contributed by atoms with Crippen LogP contribution in [0.3, 0.4) is 0 Å². The average molecular weight is 286 g/mol. The van der Waals surface area contributed by atoms with Crippen LogP contribution in [0.25, 0.3) is 0 Å². The van der Waals surface area contributed by atoms with Crippen molar-refractivity contribution in [3.63, 3.8) is 0 Å². The lowest BCUT2D eigenvalue weighted by Crippen LogP contribution is -2.38. The largest absolute Gasteiger partial charge is 0.457 e. The molecule has 0 aliphatic carbocycles. The monoisotopic (exact) mass is 286 g/mol. The fraction of sp³-hybridized carbons (Fsp3) is 0.188. The third-order valence-electron chi connectivity index (χ3n) is 2.74. The van der Waals surface area contributed by atoms with Gasteiger partial charge in [-0.25, -0.2) is 4.79 Å². The maximum Gasteiger partial charge on any atom is 0.319 e. The molecule has 1 unspecified atom stereocenters. The first-order valence-corrected chi connectivity index (χ1v) is 6.68. The zero-order chi connectivity index (χ0) is 15.1. The van der Waals surface area contributed by atoms with E-state index < -0.39 is 0 Å². The van der Waals surface area contributed by atoms with Crippen molar-refractivity contribution in [2.75, 3.05) is 11.9 Å². The molecule has 3 N–H and O–H groups in total. The number of amides is 2. The summed E-state index contributed by atoms with van der Waals surface area (Å²) in [6, 6.07) is 15.9. The number of nitrogens with one attached hydrogen (secondary N) is 2. The van der Waals surface area contributed by atoms with Gasteiger partial charge in [-0.2, -0.15) is 0 Å². The molecule has 2 amide bonds. The molecule has 2 rings (SSSR count). The van der Waals surface area contributed by atoms with Crippen molar-refractivity contribution in [3.8, 4) is 11.5 Å². The van der Waals surface area contributed by atoms with E-state index in [1.807, 2.05) is 30.3 Å². The maximum absolute atomic E-state index is 11.6. The third-order valence-corrected chi connectivity index (χ3v) is 2.74. The maximum atomic E-state index is 11.6. The first-order valence-electron chi connectivity index (χ1n) is 6.68. The molecular weight excluding hydrogens is 268 g/mol. The van der Waals surface area contributed by atoms with Gasteiger partial charge in [-0.15, -0.1) is 0 Å². The van der Waals surface area contributed by atoms with Gasteiger partial charge in [0.1, 0.15) is 11.5 Å². The van der Waals surface area contributed by atoms with Gasteiger partial charge in [-0.1, -0.05) is 18.2 Å². The van der Waals surface area contributed by atoms with Crippen molar-refractivity contribution >= 4 is 11.7 Å². The highest BCUT2D eigenvalue weighted by molar-refractivity contribution is 5.89. The smallest absolute Gasteiger partial charge is 0.319 e. The topological polar surface area (TPSA) is 70.6 Å². The highest BCUT2D eigenvalue weighted by Crippen LogP contribution is 2.22. The number of aliphatic hydroxyl groups excluding tert-OH is 1. The predicted octanol–water partition coefficient (Wildman–Crippen LogP) is 2.98. The molecule has 0 saturated heterocycles. The Morgan fingerprint density at radius 1 is 1.10 bits per heavy atom. The standard InChI is InChI=1S/C16H18N2O3/c1-12(11-19)17-16(20)18-13-7-9-15(10-8-13)21-14-5-3-2-4-6-14/h2-10,12,19H,11H2,1H3,(H2,17,18,20). The number of rotatable bonds is 5. The summed E-state index contributed by atoms with van der Waals surface area (Å²) in [5, 5.41) is 14.1. The normalized spacial score (nSPS) is 11.5. The quantitative estimate of drug-likeness (QED) is 0.791. The number of anilines is 1. The van der Waals surface area contributed by atoms with E-state index in [1.165, 1.54) is 0 Å². The minimum atomic E-state index is -0.353. The van der Waals surface area contributed by atoms with E-state index >= 15 is 0 Å². The van der Waals surface area contributed by atoms with E-state index in [9.17, 15) is 4.79 Å². The molecule has 2 aromatic carbocycles. The van der Waals surface area contributed by atoms with E-state index in [0.717, 1.165) is 5.75 Å². The van der Waals surface area contributed by atoms with Crippen LogP contribution in [-0.2, 0) is 0 Å². The van der Waals surface area contributed by atoms with Crippen molar-refractivity contribution in [2.45, 2.75) is 13.0 Å². The van der Waals surface area contributed by atoms with Gasteiger partial charge in [0.15, 0.2) is 0 Å². The van der Waals surface area contributed by atoms with Gasteiger partial charge in [-0.3, -0.25) is 0 Å². The zero-order valence-corrected chi connectivity index (χ0v) is 11.7. The number of carbonyl (C=O) groups is 1. The molecule has 0 saturated carbocycles. The van der Waals surface area contributed by atoms with Crippen molar-refractivity contribution in [3.05, 3.63) is 54.6 Å². The third kappa shape index (κ3) is 4.81. The van der Waals surface area contributed by atoms with Crippen LogP contribution >= 0.6 is 0 Å². The minimum absolute atomic E-state index is 0.0999. The lowest BCUT2D eigenvalue weighted by Gasteiger charge is -2.12. The molecule has 0 radical (unpaired) electrons. The number of hydrogen-bond donors (Lipinski definition) is 3. The fourth-order valence-corrected chi connectivity index (χ4v) is 1.67. The zero-order valence-electron chi connectivity index (χ0n) is 11.7. The Morgan fingerprint density at radius 3 is 2.33 bits per heavy atom. The number of urea groups is 1. The van der Waals surface area contributed by atoms with Crippen molar-refractivity contribution in [1.29, 1.82) is 0 Å². The van der Waals surface area contributed by atoms with Crippen LogP contribution in [0.5, 0.6) is 11.5 Å². The van der Waals surface area contributed by atoms with E-state index in [-0.39, 0.29) is 18.7 Å². The van der Waals surface area contributed by atoms with Crippen molar-refractivity contribution in [2.24, 2.45) is 0 Å². The van der Waals surface area contributed by atoms with Crippen molar-refractivity contribution < 1.29 is 14.6 Å². The Kier molecular flexibility index (Phi) is 5.17. The highest BCUT2D eigenvalue weighted by Gasteiger charge is 2.06. The molecule has 0 spiro atoms. The summed E-state index contributed by atoms with van der Waals surface area (Å²) >= 11 is 0. The highest BCUT2D eigenvalue weighted by atomic mass is 16.5. The molecule has 21 heavy (non-hydrogen) atoms. The number of benzene rings is 2. The number of para-hydroxylation sites is 1. The molecule has 0 aromatic heterocycles. The number of ether oxygens (including phenoxy) is 1. The fourth-order valence-electron chi connectivity index (χ4n) is 1.67. The summed E-state index contributed by atoms with van der Waals surface area (Å²) in [7, 11) is 0. The van der Waals surface area contributed by atoms with Crippen LogP contribution in [0, 0.1) is 0 Å². The molecule has 110 valence electrons. The second-order valence-electron chi connectivity index (χ2n) is 4.62. The number of hydrogen-bond acceptors (Lipinski definition) is 3. The van der Waals surface area contributed by atoms with Crippen LogP contribution in [0.2, 0.25) is 0 Å². The molecule has 0 bridgehead atoms. The van der Waals surface area contributed by atoms with Crippen LogP contribution in [0.15, 0.2) is 54.6 Å². The molecule has 2 aromatic rings. The number of carbonyl (C=O) groups excluding carboxylic acids is 1. The Hall–Kier alpha value is -2.53. The summed E-state index contributed by atoms with van der Waals surface area (Å²) in [6.45, 7) is 1.62. The number of aliphatic hydroxyl groups is 1. The van der Waals surface area contributed by atoms with Gasteiger partial charge in [0.2, 0.25) is 0 Å². The van der Waals surface area contributed by atoms with Crippen LogP contribution < -0.4 is 15.4 Å². The van der Waals surface area contributed by atoms with Crippen LogP contribution in [0.4, 0.5) is 10.5 Å². The second-order valence-corrected chi connectivity index (χ2v) is 4.62. The lowest BCUT2D eigenvalue weighted by atomic mass is 10.3. The van der Waals surface area contributed by atoms with Gasteiger partial charge in [0, 0.05) is 5.69 Å². The summed E-state index contributed by atoms with van der Waals surface area (Å²) in [4.78, 5) is 11.6. The Morgan fingerprint density at radius 2 is 1.71 bits per heavy atom. The van der Waals surface area contributed by atoms with E-state index in [4.69, 9.17) is 9.84 Å². The Bertz CT molecular complexity index is 570. The Labute approximate surface area is 123 Å². The predicted molar refractivity (Wildman–Crippen MR) is 81.7 cm³/mol.